The van der Waals surface area contributed by atoms with Crippen LogP contribution in [-0.2, 0) is 4.74 Å². The maximum absolute atomic E-state index is 5.64. The molecule has 0 saturated carbocycles. The number of nitrogens with one attached hydrogen (secondary N) is 1. The molecule has 0 spiro atoms. The fraction of sp³-hybridized carbons (Fsp3) is 0.818. The third kappa shape index (κ3) is 4.06. The van der Waals surface area contributed by atoms with Crippen molar-refractivity contribution in [3.8, 4) is 0 Å². The van der Waals surface area contributed by atoms with E-state index in [1.807, 2.05) is 6.92 Å². The summed E-state index contributed by atoms with van der Waals surface area (Å²) < 4.78 is 9.99. The van der Waals surface area contributed by atoms with Crippen molar-refractivity contribution < 1.29 is 4.74 Å². The molecule has 1 aromatic rings. The number of nitrogens with zero attached hydrogens (tertiary/aromatic N) is 2. The summed E-state index contributed by atoms with van der Waals surface area (Å²) in [4.78, 5) is 4.46. The van der Waals surface area contributed by atoms with Gasteiger partial charge in [-0.05, 0) is 19.8 Å². The molecule has 1 aromatic heterocycles. The topological polar surface area (TPSA) is 47.0 Å². The predicted octanol–water partition coefficient (Wildman–Crippen LogP) is 3.24. The van der Waals surface area contributed by atoms with Gasteiger partial charge in [0.25, 0.3) is 0 Å². The van der Waals surface area contributed by atoms with E-state index < -0.39 is 0 Å². The fourth-order valence-electron chi connectivity index (χ4n) is 1.42. The third-order valence-corrected chi connectivity index (χ3v) is 2.86. The van der Waals surface area contributed by atoms with Gasteiger partial charge in [-0.3, -0.25) is 0 Å². The lowest BCUT2D eigenvalue weighted by atomic mass is 10.2. The largest absolute Gasteiger partial charge is 0.370 e. The van der Waals surface area contributed by atoms with Crippen molar-refractivity contribution in [2.75, 3.05) is 18.5 Å². The summed E-state index contributed by atoms with van der Waals surface area (Å²) in [5.74, 6) is 0.826. The predicted molar refractivity (Wildman–Crippen MR) is 68.0 cm³/mol. The van der Waals surface area contributed by atoms with Gasteiger partial charge in [0.15, 0.2) is 5.82 Å². The van der Waals surface area contributed by atoms with E-state index in [1.165, 1.54) is 11.5 Å². The van der Waals surface area contributed by atoms with Crippen LogP contribution < -0.4 is 5.32 Å². The highest BCUT2D eigenvalue weighted by molar-refractivity contribution is 7.09. The Bertz CT molecular complexity index is 285. The molecule has 0 aliphatic heterocycles. The molecule has 1 N–H and O–H groups in total. The number of rotatable bonds is 8. The molecule has 0 aromatic carbocycles. The first kappa shape index (κ1) is 13.4. The molecule has 0 aliphatic rings. The lowest BCUT2D eigenvalue weighted by Gasteiger charge is -2.11. The monoisotopic (exact) mass is 243 g/mol. The SMILES string of the molecule is CCCNc1nc(C(CCC)OCC)ns1. The summed E-state index contributed by atoms with van der Waals surface area (Å²) in [6, 6.07) is 0. The Balaban J connectivity index is 2.58. The van der Waals surface area contributed by atoms with Crippen LogP contribution in [0.1, 0.15) is 52.0 Å². The van der Waals surface area contributed by atoms with Crippen LogP contribution >= 0.6 is 11.5 Å². The Hall–Kier alpha value is -0.680. The third-order valence-electron chi connectivity index (χ3n) is 2.17. The van der Waals surface area contributed by atoms with Gasteiger partial charge in [-0.25, -0.2) is 4.98 Å². The first-order valence-corrected chi connectivity index (χ1v) is 6.78. The Kier molecular flexibility index (Phi) is 6.33. The maximum Gasteiger partial charge on any atom is 0.202 e. The molecule has 0 amide bonds. The van der Waals surface area contributed by atoms with E-state index in [1.54, 1.807) is 0 Å². The van der Waals surface area contributed by atoms with E-state index >= 15 is 0 Å². The highest BCUT2D eigenvalue weighted by Gasteiger charge is 2.16. The quantitative estimate of drug-likeness (QED) is 0.761. The van der Waals surface area contributed by atoms with Crippen LogP contribution in [0.5, 0.6) is 0 Å². The van der Waals surface area contributed by atoms with E-state index in [-0.39, 0.29) is 6.10 Å². The van der Waals surface area contributed by atoms with Crippen LogP contribution in [0, 0.1) is 0 Å². The van der Waals surface area contributed by atoms with Gasteiger partial charge in [0.05, 0.1) is 0 Å². The molecule has 4 nitrogen and oxygen atoms in total. The number of ether oxygens (including phenoxy) is 1. The molecule has 0 bridgehead atoms. The summed E-state index contributed by atoms with van der Waals surface area (Å²) in [5, 5.41) is 4.14. The van der Waals surface area contributed by atoms with Crippen molar-refractivity contribution in [3.05, 3.63) is 5.82 Å². The van der Waals surface area contributed by atoms with Gasteiger partial charge in [-0.2, -0.15) is 4.37 Å². The Morgan fingerprint density at radius 2 is 2.12 bits per heavy atom. The van der Waals surface area contributed by atoms with Crippen LogP contribution in [0.15, 0.2) is 0 Å². The second kappa shape index (κ2) is 7.57. The van der Waals surface area contributed by atoms with Gasteiger partial charge < -0.3 is 10.1 Å². The van der Waals surface area contributed by atoms with Crippen molar-refractivity contribution in [2.24, 2.45) is 0 Å². The number of aromatic nitrogens is 2. The van der Waals surface area contributed by atoms with Crippen molar-refractivity contribution in [1.82, 2.24) is 9.36 Å². The molecule has 1 heterocycles. The molecule has 0 fully saturated rings. The second-order valence-corrected chi connectivity index (χ2v) is 4.37. The minimum atomic E-state index is 0.0587. The molecule has 1 rings (SSSR count). The lowest BCUT2D eigenvalue weighted by Crippen LogP contribution is -2.06. The number of hydrogen-bond donors (Lipinski definition) is 1. The molecule has 0 aliphatic carbocycles. The van der Waals surface area contributed by atoms with Gasteiger partial charge in [-0.15, -0.1) is 0 Å². The average molecular weight is 243 g/mol. The summed E-state index contributed by atoms with van der Waals surface area (Å²) >= 11 is 1.42. The lowest BCUT2D eigenvalue weighted by molar-refractivity contribution is 0.0503. The molecule has 16 heavy (non-hydrogen) atoms. The summed E-state index contributed by atoms with van der Waals surface area (Å²) in [6.07, 6.45) is 3.22. The van der Waals surface area contributed by atoms with E-state index in [0.29, 0.717) is 6.61 Å². The molecule has 5 heteroatoms. The smallest absolute Gasteiger partial charge is 0.202 e. The van der Waals surface area contributed by atoms with Gasteiger partial charge >= 0.3 is 0 Å². The number of hydrogen-bond acceptors (Lipinski definition) is 5. The van der Waals surface area contributed by atoms with Crippen LogP contribution in [-0.4, -0.2) is 22.5 Å². The number of anilines is 1. The van der Waals surface area contributed by atoms with Crippen LogP contribution in [0.4, 0.5) is 5.13 Å². The van der Waals surface area contributed by atoms with E-state index in [4.69, 9.17) is 4.74 Å². The standard InChI is InChI=1S/C11H21N3OS/c1-4-7-9(15-6-3)10-13-11(16-14-10)12-8-5-2/h9H,4-8H2,1-3H3,(H,12,13,14). The highest BCUT2D eigenvalue weighted by Crippen LogP contribution is 2.23. The van der Waals surface area contributed by atoms with Crippen molar-refractivity contribution in [3.63, 3.8) is 0 Å². The molecule has 1 atom stereocenters. The molecule has 1 unspecified atom stereocenters. The minimum absolute atomic E-state index is 0.0587. The first-order valence-electron chi connectivity index (χ1n) is 6.00. The molecular formula is C11H21N3OS. The Morgan fingerprint density at radius 1 is 1.31 bits per heavy atom. The summed E-state index contributed by atoms with van der Waals surface area (Å²) in [5.41, 5.74) is 0. The zero-order valence-corrected chi connectivity index (χ0v) is 11.1. The minimum Gasteiger partial charge on any atom is -0.370 e. The first-order chi connectivity index (χ1) is 7.81. The van der Waals surface area contributed by atoms with Gasteiger partial charge in [0, 0.05) is 24.7 Å². The fourth-order valence-corrected chi connectivity index (χ4v) is 2.06. The molecule has 0 saturated heterocycles. The maximum atomic E-state index is 5.64. The summed E-state index contributed by atoms with van der Waals surface area (Å²) in [7, 11) is 0. The zero-order valence-electron chi connectivity index (χ0n) is 10.3. The average Bonchev–Trinajstić information content (AvgIpc) is 2.74. The Morgan fingerprint density at radius 3 is 2.75 bits per heavy atom. The van der Waals surface area contributed by atoms with Crippen molar-refractivity contribution in [2.45, 2.75) is 46.1 Å². The van der Waals surface area contributed by atoms with Crippen molar-refractivity contribution in [1.29, 1.82) is 0 Å². The van der Waals surface area contributed by atoms with Crippen molar-refractivity contribution >= 4 is 16.7 Å². The van der Waals surface area contributed by atoms with Crippen LogP contribution in [0.25, 0.3) is 0 Å². The molecular weight excluding hydrogens is 222 g/mol. The molecule has 0 radical (unpaired) electrons. The van der Waals surface area contributed by atoms with E-state index in [9.17, 15) is 0 Å². The van der Waals surface area contributed by atoms with Crippen LogP contribution in [0.2, 0.25) is 0 Å². The van der Waals surface area contributed by atoms with E-state index in [2.05, 4.69) is 28.5 Å². The normalized spacial score (nSPS) is 12.7. The zero-order chi connectivity index (χ0) is 11.8. The van der Waals surface area contributed by atoms with Gasteiger partial charge in [0.2, 0.25) is 5.13 Å². The second-order valence-electron chi connectivity index (χ2n) is 3.62. The van der Waals surface area contributed by atoms with Crippen LogP contribution in [0.3, 0.4) is 0 Å². The summed E-state index contributed by atoms with van der Waals surface area (Å²) in [6.45, 7) is 7.94. The van der Waals surface area contributed by atoms with Gasteiger partial charge in [0.1, 0.15) is 6.10 Å². The highest BCUT2D eigenvalue weighted by atomic mass is 32.1. The Labute approximate surface area is 102 Å². The molecule has 92 valence electrons. The van der Waals surface area contributed by atoms with Gasteiger partial charge in [-0.1, -0.05) is 20.3 Å². The van der Waals surface area contributed by atoms with E-state index in [0.717, 1.165) is 36.8 Å².